The summed E-state index contributed by atoms with van der Waals surface area (Å²) in [6.45, 7) is 1.05. The van der Waals surface area contributed by atoms with Crippen molar-refractivity contribution in [3.8, 4) is 5.75 Å². The molecule has 0 saturated carbocycles. The Morgan fingerprint density at radius 3 is 2.03 bits per heavy atom. The highest BCUT2D eigenvalue weighted by molar-refractivity contribution is 6.34. The van der Waals surface area contributed by atoms with E-state index < -0.39 is 0 Å². The van der Waals surface area contributed by atoms with E-state index >= 15 is 0 Å². The van der Waals surface area contributed by atoms with Crippen LogP contribution in [0.25, 0.3) is 0 Å². The van der Waals surface area contributed by atoms with Crippen molar-refractivity contribution in [2.24, 2.45) is 7.05 Å². The van der Waals surface area contributed by atoms with Crippen molar-refractivity contribution in [1.29, 1.82) is 0 Å². The molecule has 0 unspecified atom stereocenters. The summed E-state index contributed by atoms with van der Waals surface area (Å²) < 4.78 is 13.0. The number of anilines is 1. The van der Waals surface area contributed by atoms with Gasteiger partial charge in [-0.3, -0.25) is 9.59 Å². The van der Waals surface area contributed by atoms with Crippen LogP contribution in [0.15, 0.2) is 73.1 Å². The van der Waals surface area contributed by atoms with Crippen LogP contribution in [0.4, 0.5) is 5.69 Å². The van der Waals surface area contributed by atoms with Gasteiger partial charge in [-0.15, -0.1) is 0 Å². The van der Waals surface area contributed by atoms with Crippen molar-refractivity contribution < 1.29 is 28.4 Å². The van der Waals surface area contributed by atoms with Gasteiger partial charge in [0.05, 0.1) is 30.0 Å². The minimum atomic E-state index is -0.298. The Balaban J connectivity index is 1.07. The maximum absolute atomic E-state index is 12.6. The zero-order valence-corrected chi connectivity index (χ0v) is 20.5. The van der Waals surface area contributed by atoms with Gasteiger partial charge in [-0.25, -0.2) is 14.3 Å². The van der Waals surface area contributed by atoms with Crippen LogP contribution < -0.4 is 14.2 Å². The SMILES string of the molecule is C[n+]1cccc(C(=O)OCCCCCCCCOc2ccc(N3C(=O)c4ccccc4C3=O)cc2)c1. The van der Waals surface area contributed by atoms with E-state index in [1.807, 2.05) is 23.9 Å². The van der Waals surface area contributed by atoms with Gasteiger partial charge in [-0.05, 0) is 55.3 Å². The summed E-state index contributed by atoms with van der Waals surface area (Å²) in [5.74, 6) is -0.162. The van der Waals surface area contributed by atoms with E-state index in [2.05, 4.69) is 0 Å². The first-order valence-corrected chi connectivity index (χ1v) is 12.4. The first-order valence-electron chi connectivity index (χ1n) is 12.4. The lowest BCUT2D eigenvalue weighted by atomic mass is 10.1. The van der Waals surface area contributed by atoms with Crippen molar-refractivity contribution in [2.45, 2.75) is 38.5 Å². The number of carbonyl (C=O) groups is 3. The molecule has 7 heteroatoms. The fourth-order valence-electron chi connectivity index (χ4n) is 4.17. The maximum atomic E-state index is 12.6. The molecule has 186 valence electrons. The Morgan fingerprint density at radius 1 is 0.778 bits per heavy atom. The second kappa shape index (κ2) is 12.1. The van der Waals surface area contributed by atoms with Crippen molar-refractivity contribution >= 4 is 23.5 Å². The molecule has 0 bridgehead atoms. The third-order valence-electron chi connectivity index (χ3n) is 6.10. The predicted octanol–water partition coefficient (Wildman–Crippen LogP) is 4.89. The first-order chi connectivity index (χ1) is 17.5. The molecule has 3 aromatic rings. The number of ether oxygens (including phenoxy) is 2. The monoisotopic (exact) mass is 487 g/mol. The van der Waals surface area contributed by atoms with Crippen molar-refractivity contribution in [3.05, 3.63) is 89.7 Å². The largest absolute Gasteiger partial charge is 0.494 e. The van der Waals surface area contributed by atoms with Gasteiger partial charge in [0.15, 0.2) is 12.4 Å². The zero-order valence-electron chi connectivity index (χ0n) is 20.5. The number of aromatic nitrogens is 1. The van der Waals surface area contributed by atoms with Crippen LogP contribution in [0, 0.1) is 0 Å². The maximum Gasteiger partial charge on any atom is 0.344 e. The van der Waals surface area contributed by atoms with Gasteiger partial charge < -0.3 is 9.47 Å². The molecular weight excluding hydrogens is 456 g/mol. The lowest BCUT2D eigenvalue weighted by molar-refractivity contribution is -0.671. The van der Waals surface area contributed by atoms with Crippen molar-refractivity contribution in [3.63, 3.8) is 0 Å². The average Bonchev–Trinajstić information content (AvgIpc) is 3.15. The molecule has 0 N–H and O–H groups in total. The molecule has 0 spiro atoms. The van der Waals surface area contributed by atoms with E-state index in [0.717, 1.165) is 38.5 Å². The molecule has 2 aromatic carbocycles. The van der Waals surface area contributed by atoms with Crippen LogP contribution >= 0.6 is 0 Å². The van der Waals surface area contributed by atoms with Gasteiger partial charge in [0.25, 0.3) is 11.8 Å². The third-order valence-corrected chi connectivity index (χ3v) is 6.10. The smallest absolute Gasteiger partial charge is 0.344 e. The number of benzene rings is 2. The standard InChI is InChI=1S/C29H31N2O5/c1-30-18-10-11-22(21-30)29(34)36-20-9-5-3-2-4-8-19-35-24-16-14-23(15-17-24)31-27(32)25-12-6-7-13-26(25)28(31)33/h6-7,10-18,21H,2-5,8-9,19-20H2,1H3/q+1. The summed E-state index contributed by atoms with van der Waals surface area (Å²) in [6.07, 6.45) is 9.72. The van der Waals surface area contributed by atoms with Gasteiger partial charge in [-0.1, -0.05) is 37.8 Å². The molecule has 2 amide bonds. The summed E-state index contributed by atoms with van der Waals surface area (Å²) in [5.41, 5.74) is 1.98. The number of aryl methyl sites for hydroxylation is 1. The van der Waals surface area contributed by atoms with Crippen LogP contribution in [-0.2, 0) is 11.8 Å². The second-order valence-electron chi connectivity index (χ2n) is 8.85. The molecule has 2 heterocycles. The third kappa shape index (κ3) is 6.16. The van der Waals surface area contributed by atoms with E-state index in [0.29, 0.717) is 41.3 Å². The number of amides is 2. The number of nitrogens with zero attached hydrogens (tertiary/aromatic N) is 2. The molecule has 7 nitrogen and oxygen atoms in total. The Bertz CT molecular complexity index is 1190. The number of carbonyl (C=O) groups excluding carboxylic acids is 3. The van der Waals surface area contributed by atoms with Gasteiger partial charge in [0.1, 0.15) is 18.4 Å². The Kier molecular flexibility index (Phi) is 8.44. The van der Waals surface area contributed by atoms with Crippen LogP contribution in [-0.4, -0.2) is 31.0 Å². The Hall–Kier alpha value is -4.00. The van der Waals surface area contributed by atoms with E-state index in [9.17, 15) is 14.4 Å². The molecule has 1 aromatic heterocycles. The fraction of sp³-hybridized carbons (Fsp3) is 0.310. The molecule has 0 radical (unpaired) electrons. The average molecular weight is 488 g/mol. The summed E-state index contributed by atoms with van der Waals surface area (Å²) in [6, 6.07) is 17.5. The molecule has 0 fully saturated rings. The number of rotatable bonds is 12. The highest BCUT2D eigenvalue weighted by atomic mass is 16.5. The van der Waals surface area contributed by atoms with Gasteiger partial charge >= 0.3 is 5.97 Å². The van der Waals surface area contributed by atoms with Gasteiger partial charge in [0.2, 0.25) is 0 Å². The zero-order chi connectivity index (χ0) is 25.3. The normalized spacial score (nSPS) is 12.5. The van der Waals surface area contributed by atoms with Crippen LogP contribution in [0.1, 0.15) is 69.6 Å². The predicted molar refractivity (Wildman–Crippen MR) is 135 cm³/mol. The van der Waals surface area contributed by atoms with Gasteiger partial charge in [0, 0.05) is 6.07 Å². The highest BCUT2D eigenvalue weighted by Crippen LogP contribution is 2.29. The summed E-state index contributed by atoms with van der Waals surface area (Å²) >= 11 is 0. The highest BCUT2D eigenvalue weighted by Gasteiger charge is 2.36. The molecule has 1 aliphatic heterocycles. The van der Waals surface area contributed by atoms with Crippen LogP contribution in [0.3, 0.4) is 0 Å². The quantitative estimate of drug-likeness (QED) is 0.157. The number of hydrogen-bond acceptors (Lipinski definition) is 5. The lowest BCUT2D eigenvalue weighted by Gasteiger charge is -2.14. The van der Waals surface area contributed by atoms with E-state index in [1.54, 1.807) is 60.8 Å². The van der Waals surface area contributed by atoms with Gasteiger partial charge in [-0.2, -0.15) is 0 Å². The summed E-state index contributed by atoms with van der Waals surface area (Å²) in [4.78, 5) is 38.4. The molecule has 0 atom stereocenters. The van der Waals surface area contributed by atoms with E-state index in [4.69, 9.17) is 9.47 Å². The van der Waals surface area contributed by atoms with Crippen molar-refractivity contribution in [1.82, 2.24) is 0 Å². The lowest BCUT2D eigenvalue weighted by Crippen LogP contribution is -2.29. The Morgan fingerprint density at radius 2 is 1.39 bits per heavy atom. The number of unbranched alkanes of at least 4 members (excludes halogenated alkanes) is 5. The molecular formula is C29H31N2O5+. The number of imide groups is 1. The molecule has 0 saturated heterocycles. The number of hydrogen-bond donors (Lipinski definition) is 0. The summed E-state index contributed by atoms with van der Waals surface area (Å²) in [5, 5.41) is 0. The summed E-state index contributed by atoms with van der Waals surface area (Å²) in [7, 11) is 1.87. The van der Waals surface area contributed by atoms with Crippen LogP contribution in [0.5, 0.6) is 5.75 Å². The van der Waals surface area contributed by atoms with E-state index in [-0.39, 0.29) is 17.8 Å². The first kappa shape index (κ1) is 25.1. The number of fused-ring (bicyclic) bond motifs is 1. The number of pyridine rings is 1. The topological polar surface area (TPSA) is 76.8 Å². The van der Waals surface area contributed by atoms with Crippen molar-refractivity contribution in [2.75, 3.05) is 18.1 Å². The fourth-order valence-corrected chi connectivity index (χ4v) is 4.17. The minimum absolute atomic E-state index is 0.278. The second-order valence-corrected chi connectivity index (χ2v) is 8.85. The molecule has 36 heavy (non-hydrogen) atoms. The van der Waals surface area contributed by atoms with Crippen LogP contribution in [0.2, 0.25) is 0 Å². The molecule has 4 rings (SSSR count). The number of esters is 1. The minimum Gasteiger partial charge on any atom is -0.494 e. The molecule has 0 aliphatic carbocycles. The molecule has 1 aliphatic rings. The Labute approximate surface area is 211 Å². The van der Waals surface area contributed by atoms with E-state index in [1.165, 1.54) is 4.90 Å².